The Morgan fingerprint density at radius 1 is 1.03 bits per heavy atom. The first-order valence-corrected chi connectivity index (χ1v) is 11.4. The minimum absolute atomic E-state index is 0.0421. The van der Waals surface area contributed by atoms with Crippen molar-refractivity contribution in [3.05, 3.63) is 41.2 Å². The van der Waals surface area contributed by atoms with Crippen LogP contribution in [0.2, 0.25) is 0 Å². The quantitative estimate of drug-likeness (QED) is 0.494. The molecule has 184 valence electrons. The molecule has 1 aliphatic carbocycles. The molecule has 6 nitrogen and oxygen atoms in total. The van der Waals surface area contributed by atoms with Crippen molar-refractivity contribution in [1.82, 2.24) is 15.1 Å². The van der Waals surface area contributed by atoms with Gasteiger partial charge in [-0.05, 0) is 36.8 Å². The highest BCUT2D eigenvalue weighted by molar-refractivity contribution is 5.65. The maximum absolute atomic E-state index is 14.2. The third-order valence-corrected chi connectivity index (χ3v) is 6.83. The Bertz CT molecular complexity index is 1020. The lowest BCUT2D eigenvalue weighted by molar-refractivity contribution is -0.0964. The Morgan fingerprint density at radius 3 is 2.47 bits per heavy atom. The molecule has 1 unspecified atom stereocenters. The van der Waals surface area contributed by atoms with Gasteiger partial charge < -0.3 is 19.7 Å². The van der Waals surface area contributed by atoms with E-state index in [1.165, 1.54) is 0 Å². The topological polar surface area (TPSA) is 59.5 Å². The van der Waals surface area contributed by atoms with E-state index in [1.54, 1.807) is 0 Å². The summed E-state index contributed by atoms with van der Waals surface area (Å²) < 4.78 is 80.0. The van der Waals surface area contributed by atoms with Crippen LogP contribution in [0.3, 0.4) is 0 Å². The highest BCUT2D eigenvalue weighted by atomic mass is 19.3. The number of nitrogens with one attached hydrogen (secondary N) is 1. The lowest BCUT2D eigenvalue weighted by atomic mass is 10.0. The summed E-state index contributed by atoms with van der Waals surface area (Å²) in [6.07, 6.45) is -1.21. The van der Waals surface area contributed by atoms with Gasteiger partial charge in [0.25, 0.3) is 6.43 Å². The fraction of sp³-hybridized carbons (Fsp3) is 0.565. The molecule has 2 aromatic rings. The van der Waals surface area contributed by atoms with Crippen LogP contribution in [-0.2, 0) is 9.47 Å². The van der Waals surface area contributed by atoms with Crippen LogP contribution in [0.1, 0.15) is 24.8 Å². The summed E-state index contributed by atoms with van der Waals surface area (Å²) in [4.78, 5) is 2.39. The molecule has 5 rings (SSSR count). The molecule has 3 heterocycles. The van der Waals surface area contributed by atoms with E-state index in [2.05, 4.69) is 20.4 Å². The number of alkyl halides is 2. The van der Waals surface area contributed by atoms with Crippen molar-refractivity contribution in [2.45, 2.75) is 31.4 Å². The van der Waals surface area contributed by atoms with Crippen molar-refractivity contribution in [1.29, 1.82) is 0 Å². The molecule has 3 fully saturated rings. The fourth-order valence-electron chi connectivity index (χ4n) is 5.38. The molecule has 1 aromatic heterocycles. The minimum atomic E-state index is -3.03. The van der Waals surface area contributed by atoms with Gasteiger partial charge in [0.1, 0.15) is 17.3 Å². The van der Waals surface area contributed by atoms with Crippen molar-refractivity contribution < 1.29 is 31.4 Å². The van der Waals surface area contributed by atoms with Gasteiger partial charge >= 0.3 is 0 Å². The summed E-state index contributed by atoms with van der Waals surface area (Å²) in [6, 6.07) is 2.10. The zero-order valence-electron chi connectivity index (χ0n) is 18.3. The third-order valence-electron chi connectivity index (χ3n) is 6.83. The van der Waals surface area contributed by atoms with Crippen LogP contribution in [0.5, 0.6) is 0 Å². The molecular weight excluding hydrogens is 459 g/mol. The predicted octanol–water partition coefficient (Wildman–Crippen LogP) is 4.04. The average Bonchev–Trinajstić information content (AvgIpc) is 3.34. The SMILES string of the molecule is Fc1cc(F)c(F)c(-c2nnc(NC3C[C@@H]4CN(C[C@H]5COCCO5)C[C@@H]4C3)cc2C(F)F)c1. The molecule has 1 N–H and O–H groups in total. The first-order valence-electron chi connectivity index (χ1n) is 11.4. The van der Waals surface area contributed by atoms with Gasteiger partial charge in [0, 0.05) is 42.9 Å². The van der Waals surface area contributed by atoms with Crippen molar-refractivity contribution in [2.75, 3.05) is 44.8 Å². The summed E-state index contributed by atoms with van der Waals surface area (Å²) in [5, 5.41) is 10.8. The van der Waals surface area contributed by atoms with Crippen molar-refractivity contribution in [2.24, 2.45) is 11.8 Å². The van der Waals surface area contributed by atoms with Crippen molar-refractivity contribution in [3.63, 3.8) is 0 Å². The van der Waals surface area contributed by atoms with E-state index in [0.29, 0.717) is 43.8 Å². The average molecular weight is 484 g/mol. The van der Waals surface area contributed by atoms with Crippen molar-refractivity contribution in [3.8, 4) is 11.3 Å². The summed E-state index contributed by atoms with van der Waals surface area (Å²) in [7, 11) is 0. The molecule has 4 atom stereocenters. The maximum Gasteiger partial charge on any atom is 0.266 e. The van der Waals surface area contributed by atoms with Gasteiger partial charge in [-0.15, -0.1) is 10.2 Å². The molecule has 2 aliphatic heterocycles. The van der Waals surface area contributed by atoms with Crippen LogP contribution in [0.4, 0.5) is 27.8 Å². The van der Waals surface area contributed by atoms with E-state index in [0.717, 1.165) is 38.5 Å². The number of aromatic nitrogens is 2. The maximum atomic E-state index is 14.2. The molecule has 0 bridgehead atoms. The lowest BCUT2D eigenvalue weighted by Crippen LogP contribution is -2.39. The van der Waals surface area contributed by atoms with E-state index in [1.807, 2.05) is 0 Å². The zero-order chi connectivity index (χ0) is 23.8. The zero-order valence-corrected chi connectivity index (χ0v) is 18.3. The second-order valence-corrected chi connectivity index (χ2v) is 9.20. The predicted molar refractivity (Wildman–Crippen MR) is 113 cm³/mol. The van der Waals surface area contributed by atoms with Crippen molar-refractivity contribution >= 4 is 5.82 Å². The number of benzene rings is 1. The molecule has 1 saturated carbocycles. The van der Waals surface area contributed by atoms with E-state index in [9.17, 15) is 22.0 Å². The Morgan fingerprint density at radius 2 is 1.79 bits per heavy atom. The van der Waals surface area contributed by atoms with E-state index < -0.39 is 40.7 Å². The van der Waals surface area contributed by atoms with Gasteiger partial charge in [-0.3, -0.25) is 0 Å². The largest absolute Gasteiger partial charge is 0.376 e. The number of rotatable bonds is 6. The first-order chi connectivity index (χ1) is 16.4. The standard InChI is InChI=1S/C23H25F5N4O2/c24-14-5-17(21(26)19(25)6-14)22-18(23(27)28)7-20(30-31-22)29-15-3-12-8-32(9-13(12)4-15)10-16-11-33-1-2-34-16/h5-7,12-13,15-16,23H,1-4,8-11H2,(H,29,30)/t12-,13+,15?,16-/m0/s1. The van der Waals surface area contributed by atoms with E-state index in [-0.39, 0.29) is 18.0 Å². The number of halogens is 5. The Labute approximate surface area is 193 Å². The number of anilines is 1. The van der Waals surface area contributed by atoms with E-state index in [4.69, 9.17) is 9.47 Å². The Kier molecular flexibility index (Phi) is 6.67. The number of hydrogen-bond acceptors (Lipinski definition) is 6. The number of nitrogens with zero attached hydrogens (tertiary/aromatic N) is 3. The van der Waals surface area contributed by atoms with Gasteiger partial charge in [-0.1, -0.05) is 0 Å². The molecule has 11 heteroatoms. The Hall–Kier alpha value is -2.37. The second-order valence-electron chi connectivity index (χ2n) is 9.20. The van der Waals surface area contributed by atoms with Crippen LogP contribution < -0.4 is 5.32 Å². The lowest BCUT2D eigenvalue weighted by Gasteiger charge is -2.28. The molecule has 3 aliphatic rings. The number of ether oxygens (including phenoxy) is 2. The molecule has 34 heavy (non-hydrogen) atoms. The molecule has 0 radical (unpaired) electrons. The van der Waals surface area contributed by atoms with Crippen LogP contribution in [0.25, 0.3) is 11.3 Å². The highest BCUT2D eigenvalue weighted by Gasteiger charge is 2.41. The highest BCUT2D eigenvalue weighted by Crippen LogP contribution is 2.40. The van der Waals surface area contributed by atoms with Gasteiger partial charge in [0.2, 0.25) is 0 Å². The Balaban J connectivity index is 1.24. The van der Waals surface area contributed by atoms with Crippen LogP contribution in [0.15, 0.2) is 18.2 Å². The smallest absolute Gasteiger partial charge is 0.266 e. The molecular formula is C23H25F5N4O2. The van der Waals surface area contributed by atoms with Gasteiger partial charge in [0.15, 0.2) is 11.6 Å². The summed E-state index contributed by atoms with van der Waals surface area (Å²) in [6.45, 7) is 4.61. The minimum Gasteiger partial charge on any atom is -0.376 e. The number of fused-ring (bicyclic) bond motifs is 1. The number of hydrogen-bond donors (Lipinski definition) is 1. The summed E-state index contributed by atoms with van der Waals surface area (Å²) >= 11 is 0. The van der Waals surface area contributed by atoms with Gasteiger partial charge in [-0.2, -0.15) is 0 Å². The first kappa shape index (κ1) is 23.4. The molecule has 0 amide bonds. The second kappa shape index (κ2) is 9.71. The van der Waals surface area contributed by atoms with Gasteiger partial charge in [-0.25, -0.2) is 22.0 Å². The van der Waals surface area contributed by atoms with Gasteiger partial charge in [0.05, 0.1) is 25.9 Å². The third kappa shape index (κ3) is 4.87. The molecule has 1 aromatic carbocycles. The number of likely N-dealkylation sites (tertiary alicyclic amines) is 1. The van der Waals surface area contributed by atoms with Crippen LogP contribution in [0, 0.1) is 29.3 Å². The monoisotopic (exact) mass is 484 g/mol. The van der Waals surface area contributed by atoms with E-state index >= 15 is 0 Å². The summed E-state index contributed by atoms with van der Waals surface area (Å²) in [5.41, 5.74) is -1.90. The summed E-state index contributed by atoms with van der Waals surface area (Å²) in [5.74, 6) is -2.93. The fourth-order valence-corrected chi connectivity index (χ4v) is 5.38. The van der Waals surface area contributed by atoms with Crippen LogP contribution >= 0.6 is 0 Å². The molecule has 2 saturated heterocycles. The normalized spacial score (nSPS) is 27.4. The molecule has 0 spiro atoms. The van der Waals surface area contributed by atoms with Crippen LogP contribution in [-0.4, -0.2) is 66.7 Å².